The molecular weight excluding hydrogens is 331 g/mol. The average Bonchev–Trinajstić information content (AvgIpc) is 2.90. The normalized spacial score (nSPS) is 11.5. The summed E-state index contributed by atoms with van der Waals surface area (Å²) in [4.78, 5) is 14.3. The lowest BCUT2D eigenvalue weighted by Gasteiger charge is -2.18. The fourth-order valence-corrected chi connectivity index (χ4v) is 2.89. The second kappa shape index (κ2) is 5.90. The molecule has 6 nitrogen and oxygen atoms in total. The maximum Gasteiger partial charge on any atom is 0.220 e. The predicted molar refractivity (Wildman–Crippen MR) is 94.9 cm³/mol. The molecule has 2 aromatic heterocycles. The minimum Gasteiger partial charge on any atom is -0.368 e. The van der Waals surface area contributed by atoms with E-state index in [1.165, 1.54) is 12.3 Å². The third-order valence-corrected chi connectivity index (χ3v) is 3.96. The van der Waals surface area contributed by atoms with E-state index >= 15 is 0 Å². The lowest BCUT2D eigenvalue weighted by atomic mass is 10.1. The van der Waals surface area contributed by atoms with Crippen LogP contribution in [0.1, 0.15) is 19.9 Å². The Hall–Kier alpha value is -2.41. The van der Waals surface area contributed by atoms with Crippen LogP contribution in [0, 0.1) is 5.82 Å². The van der Waals surface area contributed by atoms with Crippen LogP contribution in [0.4, 0.5) is 16.3 Å². The summed E-state index contributed by atoms with van der Waals surface area (Å²) < 4.78 is 16.6. The van der Waals surface area contributed by atoms with Crippen LogP contribution in [0.2, 0.25) is 5.02 Å². The van der Waals surface area contributed by atoms with Gasteiger partial charge in [-0.05, 0) is 26.0 Å². The van der Waals surface area contributed by atoms with E-state index in [-0.39, 0.29) is 12.0 Å². The second-order valence-corrected chi connectivity index (χ2v) is 6.43. The summed E-state index contributed by atoms with van der Waals surface area (Å²) in [6.45, 7) is 4.04. The Morgan fingerprint density at radius 3 is 2.58 bits per heavy atom. The fourth-order valence-electron chi connectivity index (χ4n) is 2.68. The molecule has 8 heteroatoms. The quantitative estimate of drug-likeness (QED) is 0.784. The number of benzene rings is 1. The van der Waals surface area contributed by atoms with Crippen molar-refractivity contribution in [3.8, 4) is 11.3 Å². The standard InChI is InChI=1S/C16H18ClFN6/c1-8(2)24-12-6-9(13-10(17)7-20-15(19)21-13)5-11(18)14(12)22-16(24)23(3)4/h5-8H,1-4H3,(H2,19,20,21). The predicted octanol–water partition coefficient (Wildman–Crippen LogP) is 3.51. The van der Waals surface area contributed by atoms with Gasteiger partial charge in [0.1, 0.15) is 5.52 Å². The molecule has 0 unspecified atom stereocenters. The number of anilines is 2. The molecular formula is C16H18ClFN6. The lowest BCUT2D eigenvalue weighted by Crippen LogP contribution is -2.16. The molecule has 0 radical (unpaired) electrons. The van der Waals surface area contributed by atoms with Crippen LogP contribution < -0.4 is 10.6 Å². The zero-order chi connectivity index (χ0) is 17.6. The highest BCUT2D eigenvalue weighted by Gasteiger charge is 2.20. The van der Waals surface area contributed by atoms with Crippen molar-refractivity contribution in [3.05, 3.63) is 29.2 Å². The Balaban J connectivity index is 2.33. The molecule has 1 aromatic carbocycles. The van der Waals surface area contributed by atoms with Gasteiger partial charge in [0.05, 0.1) is 22.4 Å². The van der Waals surface area contributed by atoms with Crippen molar-refractivity contribution in [1.29, 1.82) is 0 Å². The average molecular weight is 349 g/mol. The molecule has 3 aromatic rings. The van der Waals surface area contributed by atoms with Crippen molar-refractivity contribution >= 4 is 34.5 Å². The zero-order valence-corrected chi connectivity index (χ0v) is 14.6. The largest absolute Gasteiger partial charge is 0.368 e. The Kier molecular flexibility index (Phi) is 4.04. The number of halogens is 2. The molecule has 0 saturated carbocycles. The number of fused-ring (bicyclic) bond motifs is 1. The highest BCUT2D eigenvalue weighted by atomic mass is 35.5. The first kappa shape index (κ1) is 16.4. The molecule has 126 valence electrons. The number of rotatable bonds is 3. The van der Waals surface area contributed by atoms with Crippen molar-refractivity contribution in [2.24, 2.45) is 0 Å². The molecule has 24 heavy (non-hydrogen) atoms. The van der Waals surface area contributed by atoms with Crippen molar-refractivity contribution in [3.63, 3.8) is 0 Å². The van der Waals surface area contributed by atoms with E-state index in [1.54, 1.807) is 0 Å². The van der Waals surface area contributed by atoms with Crippen LogP contribution in [0.25, 0.3) is 22.3 Å². The van der Waals surface area contributed by atoms with E-state index in [0.29, 0.717) is 33.3 Å². The number of imidazole rings is 1. The summed E-state index contributed by atoms with van der Waals surface area (Å²) in [7, 11) is 3.75. The maximum absolute atomic E-state index is 14.7. The minimum atomic E-state index is -0.432. The first-order chi connectivity index (χ1) is 11.3. The summed E-state index contributed by atoms with van der Waals surface area (Å²) in [5.41, 5.74) is 7.56. The van der Waals surface area contributed by atoms with E-state index < -0.39 is 5.82 Å². The van der Waals surface area contributed by atoms with Crippen molar-refractivity contribution in [1.82, 2.24) is 19.5 Å². The van der Waals surface area contributed by atoms with Crippen molar-refractivity contribution in [2.75, 3.05) is 24.7 Å². The van der Waals surface area contributed by atoms with Crippen LogP contribution in [-0.4, -0.2) is 33.6 Å². The van der Waals surface area contributed by atoms with Crippen LogP contribution >= 0.6 is 11.6 Å². The SMILES string of the molecule is CC(C)n1c(N(C)C)nc2c(F)cc(-c3nc(N)ncc3Cl)cc21. The molecule has 0 spiro atoms. The summed E-state index contributed by atoms with van der Waals surface area (Å²) in [5.74, 6) is 0.337. The van der Waals surface area contributed by atoms with Gasteiger partial charge in [0, 0.05) is 25.7 Å². The summed E-state index contributed by atoms with van der Waals surface area (Å²) >= 11 is 6.16. The van der Waals surface area contributed by atoms with Gasteiger partial charge in [0.25, 0.3) is 0 Å². The van der Waals surface area contributed by atoms with Gasteiger partial charge in [-0.3, -0.25) is 0 Å². The molecule has 0 aliphatic heterocycles. The van der Waals surface area contributed by atoms with Crippen LogP contribution in [0.5, 0.6) is 0 Å². The van der Waals surface area contributed by atoms with Gasteiger partial charge in [-0.1, -0.05) is 11.6 Å². The first-order valence-electron chi connectivity index (χ1n) is 7.46. The molecule has 2 heterocycles. The topological polar surface area (TPSA) is 72.9 Å². The number of hydrogen-bond acceptors (Lipinski definition) is 5. The van der Waals surface area contributed by atoms with Crippen LogP contribution in [0.3, 0.4) is 0 Å². The molecule has 0 aliphatic carbocycles. The number of nitrogen functional groups attached to an aromatic ring is 1. The molecule has 2 N–H and O–H groups in total. The fraction of sp³-hybridized carbons (Fsp3) is 0.312. The zero-order valence-electron chi connectivity index (χ0n) is 13.9. The number of nitrogens with two attached hydrogens (primary N) is 1. The van der Waals surface area contributed by atoms with Gasteiger partial charge >= 0.3 is 0 Å². The summed E-state index contributed by atoms with van der Waals surface area (Å²) in [6, 6.07) is 3.30. The maximum atomic E-state index is 14.7. The van der Waals surface area contributed by atoms with Gasteiger partial charge in [-0.15, -0.1) is 0 Å². The highest BCUT2D eigenvalue weighted by molar-refractivity contribution is 6.33. The minimum absolute atomic E-state index is 0.0845. The molecule has 0 bridgehead atoms. The number of hydrogen-bond donors (Lipinski definition) is 1. The van der Waals surface area contributed by atoms with E-state index in [9.17, 15) is 4.39 Å². The Labute approximate surface area is 144 Å². The van der Waals surface area contributed by atoms with E-state index in [0.717, 1.165) is 0 Å². The lowest BCUT2D eigenvalue weighted by molar-refractivity contribution is 0.614. The van der Waals surface area contributed by atoms with Crippen LogP contribution in [0.15, 0.2) is 18.3 Å². The Bertz CT molecular complexity index is 919. The van der Waals surface area contributed by atoms with E-state index in [2.05, 4.69) is 15.0 Å². The number of nitrogens with zero attached hydrogens (tertiary/aromatic N) is 5. The molecule has 0 fully saturated rings. The van der Waals surface area contributed by atoms with Gasteiger partial charge in [0.2, 0.25) is 11.9 Å². The molecule has 0 saturated heterocycles. The van der Waals surface area contributed by atoms with E-state index in [4.69, 9.17) is 17.3 Å². The van der Waals surface area contributed by atoms with Crippen molar-refractivity contribution < 1.29 is 4.39 Å². The molecule has 3 rings (SSSR count). The third kappa shape index (κ3) is 2.65. The summed E-state index contributed by atoms with van der Waals surface area (Å²) in [5, 5.41) is 0.311. The van der Waals surface area contributed by atoms with E-state index in [1.807, 2.05) is 43.5 Å². The Morgan fingerprint density at radius 2 is 1.96 bits per heavy atom. The smallest absolute Gasteiger partial charge is 0.220 e. The molecule has 0 amide bonds. The van der Waals surface area contributed by atoms with Crippen LogP contribution in [-0.2, 0) is 0 Å². The first-order valence-corrected chi connectivity index (χ1v) is 7.84. The van der Waals surface area contributed by atoms with Gasteiger partial charge in [0.15, 0.2) is 5.82 Å². The third-order valence-electron chi connectivity index (χ3n) is 3.68. The number of aromatic nitrogens is 4. The Morgan fingerprint density at radius 1 is 1.25 bits per heavy atom. The van der Waals surface area contributed by atoms with Gasteiger partial charge in [-0.2, -0.15) is 0 Å². The monoisotopic (exact) mass is 348 g/mol. The molecule has 0 aliphatic rings. The second-order valence-electron chi connectivity index (χ2n) is 6.02. The molecule has 0 atom stereocenters. The summed E-state index contributed by atoms with van der Waals surface area (Å²) in [6.07, 6.45) is 1.41. The van der Waals surface area contributed by atoms with Gasteiger partial charge < -0.3 is 15.2 Å². The van der Waals surface area contributed by atoms with Gasteiger partial charge in [-0.25, -0.2) is 19.3 Å². The van der Waals surface area contributed by atoms with Crippen molar-refractivity contribution in [2.45, 2.75) is 19.9 Å². The highest BCUT2D eigenvalue weighted by Crippen LogP contribution is 2.33.